The number of ether oxygens (including phenoxy) is 2. The second-order valence-corrected chi connectivity index (χ2v) is 9.81. The Labute approximate surface area is 194 Å². The van der Waals surface area contributed by atoms with Crippen LogP contribution in [0.3, 0.4) is 0 Å². The van der Waals surface area contributed by atoms with Gasteiger partial charge in [0, 0.05) is 32.2 Å². The Morgan fingerprint density at radius 1 is 1.06 bits per heavy atom. The van der Waals surface area contributed by atoms with Crippen LogP contribution in [0.15, 0.2) is 30.6 Å². The highest BCUT2D eigenvalue weighted by atomic mass is 16.6. The number of methoxy groups -OCH3 is 1. The van der Waals surface area contributed by atoms with Gasteiger partial charge in [0.25, 0.3) is 5.91 Å². The fraction of sp³-hybridized carbons (Fsp3) is 0.500. The number of amides is 2. The molecule has 176 valence electrons. The Morgan fingerprint density at radius 3 is 2.36 bits per heavy atom. The molecule has 4 rings (SSSR count). The molecule has 0 aromatic carbocycles. The van der Waals surface area contributed by atoms with Crippen LogP contribution < -0.4 is 14.5 Å². The molecule has 0 saturated carbocycles. The molecule has 2 aromatic rings. The lowest BCUT2D eigenvalue weighted by atomic mass is 9.99. The van der Waals surface area contributed by atoms with Crippen molar-refractivity contribution in [2.45, 2.75) is 45.8 Å². The number of anilines is 2. The maximum absolute atomic E-state index is 13.3. The molecule has 0 bridgehead atoms. The summed E-state index contributed by atoms with van der Waals surface area (Å²) >= 11 is 0. The molecule has 0 unspecified atom stereocenters. The van der Waals surface area contributed by atoms with Gasteiger partial charge in [0.05, 0.1) is 47.7 Å². The minimum absolute atomic E-state index is 0.112. The number of pyridine rings is 2. The van der Waals surface area contributed by atoms with Gasteiger partial charge in [-0.25, -0.2) is 9.78 Å². The van der Waals surface area contributed by atoms with Crippen LogP contribution in [0.2, 0.25) is 0 Å². The van der Waals surface area contributed by atoms with Crippen molar-refractivity contribution in [3.05, 3.63) is 41.9 Å². The number of piperazine rings is 1. The topological polar surface area (TPSA) is 88.1 Å². The van der Waals surface area contributed by atoms with Gasteiger partial charge in [0.2, 0.25) is 5.88 Å². The van der Waals surface area contributed by atoms with Crippen molar-refractivity contribution in [1.82, 2.24) is 14.9 Å². The van der Waals surface area contributed by atoms with Gasteiger partial charge in [-0.1, -0.05) is 0 Å². The molecule has 0 radical (unpaired) electrons. The first-order valence-corrected chi connectivity index (χ1v) is 11.1. The lowest BCUT2D eigenvalue weighted by Gasteiger charge is -2.37. The summed E-state index contributed by atoms with van der Waals surface area (Å²) in [4.78, 5) is 40.2. The third-order valence-electron chi connectivity index (χ3n) is 5.91. The van der Waals surface area contributed by atoms with Gasteiger partial charge < -0.3 is 19.3 Å². The number of nitrogens with zero attached hydrogens (tertiary/aromatic N) is 5. The molecule has 0 aliphatic carbocycles. The number of carbonyl (C=O) groups is 2. The Bertz CT molecular complexity index is 1070. The number of fused-ring (bicyclic) bond motifs is 1. The van der Waals surface area contributed by atoms with Crippen LogP contribution in [0.5, 0.6) is 5.88 Å². The summed E-state index contributed by atoms with van der Waals surface area (Å²) in [6.45, 7) is 12.0. The third-order valence-corrected chi connectivity index (χ3v) is 5.91. The molecule has 9 heteroatoms. The molecule has 9 nitrogen and oxygen atoms in total. The zero-order valence-corrected chi connectivity index (χ0v) is 20.1. The summed E-state index contributed by atoms with van der Waals surface area (Å²) in [7, 11) is 1.56. The maximum atomic E-state index is 13.3. The first kappa shape index (κ1) is 22.8. The highest BCUT2D eigenvalue weighted by molar-refractivity contribution is 6.11. The molecule has 2 amide bonds. The van der Waals surface area contributed by atoms with E-state index < -0.39 is 11.1 Å². The van der Waals surface area contributed by atoms with Crippen LogP contribution in [-0.2, 0) is 10.3 Å². The van der Waals surface area contributed by atoms with E-state index in [9.17, 15) is 9.59 Å². The van der Waals surface area contributed by atoms with E-state index in [2.05, 4.69) is 14.9 Å². The number of hydrogen-bond acceptors (Lipinski definition) is 7. The quantitative estimate of drug-likeness (QED) is 0.703. The number of hydrogen-bond donors (Lipinski definition) is 0. The fourth-order valence-electron chi connectivity index (χ4n) is 4.30. The number of aromatic nitrogens is 2. The lowest BCUT2D eigenvalue weighted by Crippen LogP contribution is -2.50. The average Bonchev–Trinajstić information content (AvgIpc) is 2.97. The molecular formula is C24H31N5O4. The molecule has 2 aromatic heterocycles. The van der Waals surface area contributed by atoms with Crippen molar-refractivity contribution in [3.8, 4) is 5.88 Å². The van der Waals surface area contributed by atoms with Crippen molar-refractivity contribution in [2.75, 3.05) is 43.1 Å². The van der Waals surface area contributed by atoms with Crippen LogP contribution in [-0.4, -0.2) is 65.8 Å². The predicted molar refractivity (Wildman–Crippen MR) is 125 cm³/mol. The normalized spacial score (nSPS) is 17.8. The molecule has 4 heterocycles. The van der Waals surface area contributed by atoms with Gasteiger partial charge in [-0.05, 0) is 46.8 Å². The second kappa shape index (κ2) is 8.20. The van der Waals surface area contributed by atoms with Gasteiger partial charge >= 0.3 is 6.09 Å². The smallest absolute Gasteiger partial charge is 0.410 e. The van der Waals surface area contributed by atoms with Crippen molar-refractivity contribution < 1.29 is 19.1 Å². The standard InChI is InChI=1S/C24H31N5O4/c1-23(2,3)33-22(31)28-11-9-27(10-12-28)16-13-17(15-25-14-16)29-21(30)18-7-8-19(32-6)26-20(18)24(29,4)5/h7-8,13-15H,9-12H2,1-6H3. The predicted octanol–water partition coefficient (Wildman–Crippen LogP) is 3.44. The van der Waals surface area contributed by atoms with E-state index in [4.69, 9.17) is 9.47 Å². The van der Waals surface area contributed by atoms with Gasteiger partial charge in [-0.3, -0.25) is 14.7 Å². The Morgan fingerprint density at radius 2 is 1.73 bits per heavy atom. The molecule has 33 heavy (non-hydrogen) atoms. The van der Waals surface area contributed by atoms with Gasteiger partial charge in [0.1, 0.15) is 5.60 Å². The van der Waals surface area contributed by atoms with E-state index in [-0.39, 0.29) is 12.0 Å². The fourth-order valence-corrected chi connectivity index (χ4v) is 4.30. The van der Waals surface area contributed by atoms with Gasteiger partial charge in [0.15, 0.2) is 0 Å². The second-order valence-electron chi connectivity index (χ2n) is 9.81. The summed E-state index contributed by atoms with van der Waals surface area (Å²) in [5, 5.41) is 0. The highest BCUT2D eigenvalue weighted by Crippen LogP contribution is 2.42. The Balaban J connectivity index is 1.52. The van der Waals surface area contributed by atoms with Crippen LogP contribution in [0.1, 0.15) is 50.7 Å². The highest BCUT2D eigenvalue weighted by Gasteiger charge is 2.46. The summed E-state index contributed by atoms with van der Waals surface area (Å²) in [6.07, 6.45) is 3.19. The first-order chi connectivity index (χ1) is 15.5. The van der Waals surface area contributed by atoms with E-state index in [0.29, 0.717) is 49.0 Å². The Hall–Kier alpha value is -3.36. The lowest BCUT2D eigenvalue weighted by molar-refractivity contribution is 0.0240. The van der Waals surface area contributed by atoms with Gasteiger partial charge in [-0.15, -0.1) is 0 Å². The summed E-state index contributed by atoms with van der Waals surface area (Å²) in [6, 6.07) is 5.44. The summed E-state index contributed by atoms with van der Waals surface area (Å²) in [5.41, 5.74) is 1.69. The SMILES string of the molecule is COc1ccc2c(n1)C(C)(C)N(c1cncc(N3CCN(C(=O)OC(C)(C)C)CC3)c1)C2=O. The van der Waals surface area contributed by atoms with Crippen LogP contribution >= 0.6 is 0 Å². The van der Waals surface area contributed by atoms with E-state index in [0.717, 1.165) is 5.69 Å². The zero-order valence-electron chi connectivity index (χ0n) is 20.1. The summed E-state index contributed by atoms with van der Waals surface area (Å²) < 4.78 is 10.7. The van der Waals surface area contributed by atoms with Crippen molar-refractivity contribution in [3.63, 3.8) is 0 Å². The molecule has 1 saturated heterocycles. The average molecular weight is 454 g/mol. The molecule has 0 N–H and O–H groups in total. The van der Waals surface area contributed by atoms with Crippen LogP contribution in [0.25, 0.3) is 0 Å². The first-order valence-electron chi connectivity index (χ1n) is 11.1. The molecule has 0 atom stereocenters. The van der Waals surface area contributed by atoms with E-state index in [1.54, 1.807) is 41.4 Å². The monoisotopic (exact) mass is 453 g/mol. The minimum atomic E-state index is -0.656. The van der Waals surface area contributed by atoms with E-state index >= 15 is 0 Å². The third kappa shape index (κ3) is 4.31. The van der Waals surface area contributed by atoms with Crippen LogP contribution in [0, 0.1) is 0 Å². The van der Waals surface area contributed by atoms with Gasteiger partial charge in [-0.2, -0.15) is 0 Å². The van der Waals surface area contributed by atoms with Crippen molar-refractivity contribution >= 4 is 23.4 Å². The number of carbonyl (C=O) groups excluding carboxylic acids is 2. The van der Waals surface area contributed by atoms with Crippen molar-refractivity contribution in [1.29, 1.82) is 0 Å². The number of rotatable bonds is 3. The minimum Gasteiger partial charge on any atom is -0.481 e. The largest absolute Gasteiger partial charge is 0.481 e. The molecule has 1 fully saturated rings. The summed E-state index contributed by atoms with van der Waals surface area (Å²) in [5.74, 6) is 0.366. The maximum Gasteiger partial charge on any atom is 0.410 e. The zero-order chi connectivity index (χ0) is 24.0. The molecule has 2 aliphatic heterocycles. The Kier molecular flexibility index (Phi) is 5.67. The van der Waals surface area contributed by atoms with E-state index in [1.807, 2.05) is 40.7 Å². The van der Waals surface area contributed by atoms with Crippen molar-refractivity contribution in [2.24, 2.45) is 0 Å². The molecule has 2 aliphatic rings. The molecular weight excluding hydrogens is 422 g/mol. The van der Waals surface area contributed by atoms with E-state index in [1.165, 1.54) is 0 Å². The van der Waals surface area contributed by atoms with Crippen LogP contribution in [0.4, 0.5) is 16.2 Å². The molecule has 0 spiro atoms.